The average Bonchev–Trinajstić information content (AvgIpc) is 2.68. The van der Waals surface area contributed by atoms with Crippen molar-refractivity contribution in [3.8, 4) is 5.75 Å². The molecular weight excluding hydrogens is 374 g/mol. The van der Waals surface area contributed by atoms with Crippen molar-refractivity contribution in [3.05, 3.63) is 64.7 Å². The third-order valence-electron chi connectivity index (χ3n) is 4.94. The topological polar surface area (TPSA) is 44.8 Å². The Morgan fingerprint density at radius 2 is 1.82 bits per heavy atom. The van der Waals surface area contributed by atoms with E-state index in [1.54, 1.807) is 31.2 Å². The van der Waals surface area contributed by atoms with Crippen LogP contribution < -0.4 is 10.1 Å². The number of benzene rings is 2. The number of likely N-dealkylation sites (N-methyl/N-ethyl adjacent to an activating group) is 1. The molecule has 2 aromatic rings. The van der Waals surface area contributed by atoms with E-state index in [4.69, 9.17) is 16.3 Å². The number of ether oxygens (including phenoxy) is 1. The second-order valence-electron chi connectivity index (χ2n) is 7.33. The minimum atomic E-state index is -0.591. The molecule has 0 saturated carbocycles. The number of nitrogens with zero attached hydrogens (tertiary/aromatic N) is 2. The molecule has 5 nitrogen and oxygen atoms in total. The molecule has 1 fully saturated rings. The maximum absolute atomic E-state index is 12.4. The van der Waals surface area contributed by atoms with Crippen molar-refractivity contribution < 1.29 is 9.53 Å². The normalized spacial score (nSPS) is 16.5. The van der Waals surface area contributed by atoms with Gasteiger partial charge in [-0.3, -0.25) is 9.69 Å². The van der Waals surface area contributed by atoms with E-state index < -0.39 is 6.10 Å². The molecule has 0 spiro atoms. The quantitative estimate of drug-likeness (QED) is 0.774. The minimum absolute atomic E-state index is 0.149. The number of rotatable bonds is 7. The van der Waals surface area contributed by atoms with Gasteiger partial charge in [0.2, 0.25) is 0 Å². The highest BCUT2D eigenvalue weighted by atomic mass is 35.5. The fourth-order valence-corrected chi connectivity index (χ4v) is 3.41. The molecule has 1 aliphatic rings. The zero-order valence-electron chi connectivity index (χ0n) is 16.5. The second-order valence-corrected chi connectivity index (χ2v) is 7.77. The summed E-state index contributed by atoms with van der Waals surface area (Å²) >= 11 is 5.95. The number of hydrogen-bond donors (Lipinski definition) is 1. The van der Waals surface area contributed by atoms with Gasteiger partial charge in [0, 0.05) is 44.3 Å². The van der Waals surface area contributed by atoms with Crippen LogP contribution in [0.15, 0.2) is 48.5 Å². The first-order valence-electron chi connectivity index (χ1n) is 9.68. The van der Waals surface area contributed by atoms with Crippen LogP contribution in [0.1, 0.15) is 18.1 Å². The fourth-order valence-electron chi connectivity index (χ4n) is 3.23. The largest absolute Gasteiger partial charge is 0.481 e. The Balaban J connectivity index is 1.49. The van der Waals surface area contributed by atoms with Crippen LogP contribution in [0, 0.1) is 0 Å². The number of carbonyl (C=O) groups is 1. The molecule has 0 bridgehead atoms. The van der Waals surface area contributed by atoms with Crippen LogP contribution in [-0.4, -0.2) is 55.0 Å². The lowest BCUT2D eigenvalue weighted by Gasteiger charge is -2.32. The third kappa shape index (κ3) is 6.23. The summed E-state index contributed by atoms with van der Waals surface area (Å²) in [7, 11) is 2.16. The van der Waals surface area contributed by atoms with Gasteiger partial charge in [-0.2, -0.15) is 0 Å². The van der Waals surface area contributed by atoms with Gasteiger partial charge in [0.25, 0.3) is 5.91 Å². The molecule has 3 rings (SSSR count). The number of nitrogens with one attached hydrogen (secondary N) is 1. The molecule has 150 valence electrons. The van der Waals surface area contributed by atoms with Crippen molar-refractivity contribution in [2.75, 3.05) is 33.2 Å². The maximum atomic E-state index is 12.4. The summed E-state index contributed by atoms with van der Waals surface area (Å²) in [6, 6.07) is 15.5. The predicted octanol–water partition coefficient (Wildman–Crippen LogP) is 3.17. The Bertz CT molecular complexity index is 791. The zero-order valence-corrected chi connectivity index (χ0v) is 17.3. The molecule has 1 heterocycles. The molecule has 28 heavy (non-hydrogen) atoms. The molecule has 1 saturated heterocycles. The van der Waals surface area contributed by atoms with E-state index in [-0.39, 0.29) is 5.91 Å². The zero-order chi connectivity index (χ0) is 19.9. The van der Waals surface area contributed by atoms with Crippen LogP contribution in [0.4, 0.5) is 0 Å². The van der Waals surface area contributed by atoms with E-state index in [0.29, 0.717) is 17.3 Å². The molecule has 2 aromatic carbocycles. The van der Waals surface area contributed by atoms with Gasteiger partial charge in [0.05, 0.1) is 0 Å². The van der Waals surface area contributed by atoms with Crippen molar-refractivity contribution in [1.82, 2.24) is 15.1 Å². The first-order chi connectivity index (χ1) is 13.5. The Hall–Kier alpha value is -2.08. The first-order valence-corrected chi connectivity index (χ1v) is 10.1. The van der Waals surface area contributed by atoms with Gasteiger partial charge < -0.3 is 15.0 Å². The lowest BCUT2D eigenvalue weighted by Crippen LogP contribution is -2.43. The summed E-state index contributed by atoms with van der Waals surface area (Å²) in [6.45, 7) is 7.58. The highest BCUT2D eigenvalue weighted by Crippen LogP contribution is 2.18. The van der Waals surface area contributed by atoms with Gasteiger partial charge in [0.1, 0.15) is 5.75 Å². The van der Waals surface area contributed by atoms with Crippen LogP contribution in [0.25, 0.3) is 0 Å². The number of hydrogen-bond acceptors (Lipinski definition) is 4. The number of piperazine rings is 1. The smallest absolute Gasteiger partial charge is 0.261 e. The van der Waals surface area contributed by atoms with Gasteiger partial charge in [-0.15, -0.1) is 0 Å². The monoisotopic (exact) mass is 401 g/mol. The van der Waals surface area contributed by atoms with Crippen molar-refractivity contribution in [1.29, 1.82) is 0 Å². The highest BCUT2D eigenvalue weighted by molar-refractivity contribution is 6.30. The summed E-state index contributed by atoms with van der Waals surface area (Å²) in [4.78, 5) is 17.2. The summed E-state index contributed by atoms with van der Waals surface area (Å²) in [5.41, 5.74) is 2.37. The van der Waals surface area contributed by atoms with Gasteiger partial charge in [-0.1, -0.05) is 41.9 Å². The third-order valence-corrected chi connectivity index (χ3v) is 5.17. The summed E-state index contributed by atoms with van der Waals surface area (Å²) in [5.74, 6) is 0.439. The molecule has 0 aliphatic carbocycles. The minimum Gasteiger partial charge on any atom is -0.481 e. The van der Waals surface area contributed by atoms with E-state index in [2.05, 4.69) is 40.4 Å². The van der Waals surface area contributed by atoms with E-state index in [0.717, 1.165) is 38.3 Å². The van der Waals surface area contributed by atoms with Crippen LogP contribution >= 0.6 is 11.6 Å². The maximum Gasteiger partial charge on any atom is 0.261 e. The van der Waals surface area contributed by atoms with Crippen molar-refractivity contribution in [3.63, 3.8) is 0 Å². The second kappa shape index (κ2) is 9.92. The molecule has 0 radical (unpaired) electrons. The molecule has 1 N–H and O–H groups in total. The molecule has 1 amide bonds. The summed E-state index contributed by atoms with van der Waals surface area (Å²) < 4.78 is 5.67. The van der Waals surface area contributed by atoms with Crippen molar-refractivity contribution in [2.24, 2.45) is 0 Å². The van der Waals surface area contributed by atoms with Gasteiger partial charge in [0.15, 0.2) is 6.10 Å². The Labute approximate surface area is 172 Å². The lowest BCUT2D eigenvalue weighted by atomic mass is 10.1. The summed E-state index contributed by atoms with van der Waals surface area (Å²) in [5, 5.41) is 3.54. The van der Waals surface area contributed by atoms with Gasteiger partial charge in [-0.05, 0) is 43.3 Å². The van der Waals surface area contributed by atoms with Crippen molar-refractivity contribution in [2.45, 2.75) is 26.1 Å². The van der Waals surface area contributed by atoms with Gasteiger partial charge in [-0.25, -0.2) is 0 Å². The van der Waals surface area contributed by atoms with E-state index in [1.165, 1.54) is 5.56 Å². The molecule has 0 aromatic heterocycles. The Kier molecular flexibility index (Phi) is 7.31. The first kappa shape index (κ1) is 20.6. The van der Waals surface area contributed by atoms with Crippen LogP contribution in [0.2, 0.25) is 5.02 Å². The van der Waals surface area contributed by atoms with Crippen molar-refractivity contribution >= 4 is 17.5 Å². The lowest BCUT2D eigenvalue weighted by molar-refractivity contribution is -0.127. The summed E-state index contributed by atoms with van der Waals surface area (Å²) in [6.07, 6.45) is -0.591. The molecule has 1 unspecified atom stereocenters. The molecular formula is C22H28ClN3O2. The van der Waals surface area contributed by atoms with Crippen LogP contribution in [-0.2, 0) is 17.9 Å². The standard InChI is InChI=1S/C22H28ClN3O2/c1-17(28-21-8-4-7-20(23)14-21)22(27)24-15-18-5-3-6-19(13-18)16-26-11-9-25(2)10-12-26/h3-8,13-14,17H,9-12,15-16H2,1-2H3,(H,24,27). The number of carbonyl (C=O) groups excluding carboxylic acids is 1. The van der Waals surface area contributed by atoms with E-state index >= 15 is 0 Å². The molecule has 6 heteroatoms. The van der Waals surface area contributed by atoms with E-state index in [1.807, 2.05) is 6.07 Å². The predicted molar refractivity (Wildman–Crippen MR) is 113 cm³/mol. The SMILES string of the molecule is CC(Oc1cccc(Cl)c1)C(=O)NCc1cccc(CN2CCN(C)CC2)c1. The Morgan fingerprint density at radius 1 is 1.11 bits per heavy atom. The highest BCUT2D eigenvalue weighted by Gasteiger charge is 2.16. The van der Waals surface area contributed by atoms with Gasteiger partial charge >= 0.3 is 0 Å². The van der Waals surface area contributed by atoms with E-state index in [9.17, 15) is 4.79 Å². The number of amides is 1. The van der Waals surface area contributed by atoms with Crippen LogP contribution in [0.3, 0.4) is 0 Å². The fraction of sp³-hybridized carbons (Fsp3) is 0.409. The molecule has 1 aliphatic heterocycles. The van der Waals surface area contributed by atoms with Crippen LogP contribution in [0.5, 0.6) is 5.75 Å². The number of halogens is 1. The average molecular weight is 402 g/mol. The Morgan fingerprint density at radius 3 is 2.57 bits per heavy atom. The molecule has 1 atom stereocenters.